The minimum atomic E-state index is -0.783. The molecule has 0 atom stereocenters. The van der Waals surface area contributed by atoms with Crippen molar-refractivity contribution in [3.8, 4) is 0 Å². The van der Waals surface area contributed by atoms with Gasteiger partial charge in [0.1, 0.15) is 17.3 Å². The minimum Gasteiger partial charge on any atom is -0.338 e. The number of carbonyl (C=O) groups excluding carboxylic acids is 1. The van der Waals surface area contributed by atoms with Crippen LogP contribution in [0, 0.1) is 17.6 Å². The fourth-order valence-electron chi connectivity index (χ4n) is 3.20. The normalized spacial score (nSPS) is 15.6. The Morgan fingerprint density at radius 1 is 1.00 bits per heavy atom. The summed E-state index contributed by atoms with van der Waals surface area (Å²) in [6, 6.07) is 13.3. The lowest BCUT2D eigenvalue weighted by atomic mass is 9.96. The van der Waals surface area contributed by atoms with E-state index in [0.717, 1.165) is 44.6 Å². The summed E-state index contributed by atoms with van der Waals surface area (Å²) in [6.07, 6.45) is 1.97. The van der Waals surface area contributed by atoms with Crippen LogP contribution in [0.2, 0.25) is 0 Å². The van der Waals surface area contributed by atoms with E-state index in [9.17, 15) is 13.6 Å². The van der Waals surface area contributed by atoms with E-state index in [1.54, 1.807) is 0 Å². The Morgan fingerprint density at radius 2 is 1.65 bits per heavy atom. The van der Waals surface area contributed by atoms with Crippen LogP contribution in [0.1, 0.15) is 18.4 Å². The Hall–Kier alpha value is -2.47. The van der Waals surface area contributed by atoms with E-state index in [1.165, 1.54) is 11.6 Å². The fraction of sp³-hybridized carbons (Fsp3) is 0.350. The number of likely N-dealkylation sites (tertiary alicyclic amines) is 1. The maximum Gasteiger partial charge on any atom is 0.319 e. The molecule has 0 unspecified atom stereocenters. The zero-order chi connectivity index (χ0) is 18.4. The van der Waals surface area contributed by atoms with Crippen LogP contribution < -0.4 is 10.6 Å². The van der Waals surface area contributed by atoms with E-state index in [4.69, 9.17) is 0 Å². The molecule has 2 aromatic rings. The first-order valence-corrected chi connectivity index (χ1v) is 8.87. The molecule has 1 aliphatic heterocycles. The number of hydrogen-bond acceptors (Lipinski definition) is 2. The molecule has 2 N–H and O–H groups in total. The summed E-state index contributed by atoms with van der Waals surface area (Å²) in [5.41, 5.74) is 0.887. The molecule has 4 nitrogen and oxygen atoms in total. The number of amides is 2. The van der Waals surface area contributed by atoms with Crippen LogP contribution in [0.4, 0.5) is 19.3 Å². The van der Waals surface area contributed by atoms with E-state index in [-0.39, 0.29) is 0 Å². The second-order valence-corrected chi connectivity index (χ2v) is 6.64. The van der Waals surface area contributed by atoms with Crippen molar-refractivity contribution in [1.29, 1.82) is 0 Å². The Morgan fingerprint density at radius 3 is 2.31 bits per heavy atom. The van der Waals surface area contributed by atoms with Gasteiger partial charge in [-0.2, -0.15) is 0 Å². The summed E-state index contributed by atoms with van der Waals surface area (Å²) in [7, 11) is 0. The highest BCUT2D eigenvalue weighted by atomic mass is 19.1. The van der Waals surface area contributed by atoms with E-state index in [1.807, 2.05) is 18.2 Å². The lowest BCUT2D eigenvalue weighted by molar-refractivity contribution is 0.175. The molecule has 138 valence electrons. The Kier molecular flexibility index (Phi) is 6.17. The highest BCUT2D eigenvalue weighted by molar-refractivity contribution is 5.89. The molecule has 0 radical (unpaired) electrons. The predicted octanol–water partition coefficient (Wildman–Crippen LogP) is 4.00. The summed E-state index contributed by atoms with van der Waals surface area (Å²) in [5.74, 6) is -1.19. The van der Waals surface area contributed by atoms with Crippen LogP contribution in [-0.4, -0.2) is 30.6 Å². The third kappa shape index (κ3) is 5.02. The summed E-state index contributed by atoms with van der Waals surface area (Å²) < 4.78 is 27.1. The number of para-hydroxylation sites is 1. The van der Waals surface area contributed by atoms with Gasteiger partial charge in [-0.3, -0.25) is 4.90 Å². The highest BCUT2D eigenvalue weighted by Crippen LogP contribution is 2.19. The molecular weight excluding hydrogens is 336 g/mol. The molecule has 1 fully saturated rings. The summed E-state index contributed by atoms with van der Waals surface area (Å²) >= 11 is 0. The van der Waals surface area contributed by atoms with Crippen molar-refractivity contribution in [2.75, 3.05) is 25.0 Å². The molecule has 3 rings (SSSR count). The molecule has 0 bridgehead atoms. The van der Waals surface area contributed by atoms with Gasteiger partial charge in [-0.1, -0.05) is 36.4 Å². The number of nitrogens with one attached hydrogen (secondary N) is 2. The van der Waals surface area contributed by atoms with E-state index in [2.05, 4.69) is 27.7 Å². The molecular formula is C20H23F2N3O. The number of nitrogens with zero attached hydrogens (tertiary/aromatic N) is 1. The van der Waals surface area contributed by atoms with Crippen LogP contribution in [0.15, 0.2) is 48.5 Å². The average Bonchev–Trinajstić information content (AvgIpc) is 2.65. The maximum atomic E-state index is 13.5. The van der Waals surface area contributed by atoms with Gasteiger partial charge in [0.05, 0.1) is 0 Å². The average molecular weight is 359 g/mol. The Bertz CT molecular complexity index is 711. The molecule has 0 saturated carbocycles. The summed E-state index contributed by atoms with van der Waals surface area (Å²) in [6.45, 7) is 3.39. The largest absolute Gasteiger partial charge is 0.338 e. The number of halogens is 2. The van der Waals surface area contributed by atoms with Crippen LogP contribution in [0.25, 0.3) is 0 Å². The summed E-state index contributed by atoms with van der Waals surface area (Å²) in [5, 5.41) is 4.97. The van der Waals surface area contributed by atoms with Gasteiger partial charge in [-0.25, -0.2) is 13.6 Å². The molecule has 0 aromatic heterocycles. The Labute approximate surface area is 152 Å². The number of hydrogen-bond donors (Lipinski definition) is 2. The van der Waals surface area contributed by atoms with Gasteiger partial charge >= 0.3 is 6.03 Å². The molecule has 0 spiro atoms. The Balaban J connectivity index is 1.40. The van der Waals surface area contributed by atoms with Crippen LogP contribution in [-0.2, 0) is 6.54 Å². The van der Waals surface area contributed by atoms with Gasteiger partial charge in [0.2, 0.25) is 0 Å². The molecule has 0 aliphatic carbocycles. The number of urea groups is 1. The van der Waals surface area contributed by atoms with Crippen molar-refractivity contribution >= 4 is 11.7 Å². The predicted molar refractivity (Wildman–Crippen MR) is 97.8 cm³/mol. The van der Waals surface area contributed by atoms with E-state index >= 15 is 0 Å². The van der Waals surface area contributed by atoms with Gasteiger partial charge in [0.25, 0.3) is 0 Å². The molecule has 2 amide bonds. The van der Waals surface area contributed by atoms with Crippen molar-refractivity contribution in [3.05, 3.63) is 65.7 Å². The minimum absolute atomic E-state index is 0.373. The third-order valence-electron chi connectivity index (χ3n) is 4.71. The smallest absolute Gasteiger partial charge is 0.319 e. The molecule has 1 aliphatic rings. The van der Waals surface area contributed by atoms with Gasteiger partial charge in [-0.15, -0.1) is 0 Å². The van der Waals surface area contributed by atoms with Crippen molar-refractivity contribution < 1.29 is 13.6 Å². The molecule has 6 heteroatoms. The van der Waals surface area contributed by atoms with Gasteiger partial charge in [0, 0.05) is 13.1 Å². The standard InChI is InChI=1S/C20H23F2N3O/c21-17-7-4-8-18(22)19(17)24-20(26)23-13-15-9-11-25(12-10-15)14-16-5-2-1-3-6-16/h1-8,15H,9-14H2,(H2,23,24,26). The lowest BCUT2D eigenvalue weighted by Gasteiger charge is -2.32. The molecule has 1 saturated heterocycles. The number of piperidine rings is 1. The number of benzene rings is 2. The first-order valence-electron chi connectivity index (χ1n) is 8.87. The van der Waals surface area contributed by atoms with Gasteiger partial charge in [0.15, 0.2) is 0 Å². The van der Waals surface area contributed by atoms with Crippen molar-refractivity contribution in [2.24, 2.45) is 5.92 Å². The molecule has 1 heterocycles. The molecule has 26 heavy (non-hydrogen) atoms. The van der Waals surface area contributed by atoms with Crippen LogP contribution >= 0.6 is 0 Å². The SMILES string of the molecule is O=C(NCC1CCN(Cc2ccccc2)CC1)Nc1c(F)cccc1F. The summed E-state index contributed by atoms with van der Waals surface area (Å²) in [4.78, 5) is 14.3. The first-order chi connectivity index (χ1) is 12.6. The quantitative estimate of drug-likeness (QED) is 0.848. The van der Waals surface area contributed by atoms with Crippen LogP contribution in [0.3, 0.4) is 0 Å². The van der Waals surface area contributed by atoms with Gasteiger partial charge in [-0.05, 0) is 49.5 Å². The first kappa shape index (κ1) is 18.3. The van der Waals surface area contributed by atoms with Gasteiger partial charge < -0.3 is 10.6 Å². The maximum absolute atomic E-state index is 13.5. The number of anilines is 1. The molecule has 2 aromatic carbocycles. The monoisotopic (exact) mass is 359 g/mol. The van der Waals surface area contributed by atoms with E-state index in [0.29, 0.717) is 12.5 Å². The van der Waals surface area contributed by atoms with Crippen molar-refractivity contribution in [2.45, 2.75) is 19.4 Å². The van der Waals surface area contributed by atoms with Crippen LogP contribution in [0.5, 0.6) is 0 Å². The van der Waals surface area contributed by atoms with Crippen molar-refractivity contribution in [3.63, 3.8) is 0 Å². The number of carbonyl (C=O) groups is 1. The second-order valence-electron chi connectivity index (χ2n) is 6.64. The second kappa shape index (κ2) is 8.76. The number of rotatable bonds is 5. The highest BCUT2D eigenvalue weighted by Gasteiger charge is 2.20. The topological polar surface area (TPSA) is 44.4 Å². The zero-order valence-electron chi connectivity index (χ0n) is 14.6. The van der Waals surface area contributed by atoms with Crippen molar-refractivity contribution in [1.82, 2.24) is 10.2 Å². The third-order valence-corrected chi connectivity index (χ3v) is 4.71. The zero-order valence-corrected chi connectivity index (χ0v) is 14.6. The fourth-order valence-corrected chi connectivity index (χ4v) is 3.20. The lowest BCUT2D eigenvalue weighted by Crippen LogP contribution is -2.39. The van der Waals surface area contributed by atoms with E-state index < -0.39 is 23.4 Å².